The normalized spacial score (nSPS) is 21.7. The number of nitrogens with one attached hydrogen (secondary N) is 1. The second kappa shape index (κ2) is 5.05. The van der Waals surface area contributed by atoms with Crippen molar-refractivity contribution in [2.75, 3.05) is 20.1 Å². The molecule has 1 fully saturated rings. The van der Waals surface area contributed by atoms with E-state index in [0.717, 1.165) is 0 Å². The summed E-state index contributed by atoms with van der Waals surface area (Å²) in [6, 6.07) is 1.07. The molecule has 1 aromatic heterocycles. The maximum atomic E-state index is 4.34. The van der Waals surface area contributed by atoms with Crippen molar-refractivity contribution in [3.63, 3.8) is 0 Å². The van der Waals surface area contributed by atoms with Crippen LogP contribution in [0.15, 0.2) is 11.6 Å². The number of likely N-dealkylation sites (tertiary alicyclic amines) is 1. The van der Waals surface area contributed by atoms with Crippen LogP contribution in [-0.2, 0) is 0 Å². The van der Waals surface area contributed by atoms with Crippen LogP contribution in [0.2, 0.25) is 0 Å². The first-order valence-electron chi connectivity index (χ1n) is 5.59. The van der Waals surface area contributed by atoms with Crippen molar-refractivity contribution in [3.05, 3.63) is 16.6 Å². The van der Waals surface area contributed by atoms with Crippen molar-refractivity contribution in [2.45, 2.75) is 31.8 Å². The number of aromatic nitrogens is 1. The van der Waals surface area contributed by atoms with Crippen LogP contribution in [0.1, 0.15) is 30.8 Å². The molecule has 0 saturated carbocycles. The molecule has 2 rings (SSSR count). The highest BCUT2D eigenvalue weighted by atomic mass is 32.1. The van der Waals surface area contributed by atoms with Gasteiger partial charge >= 0.3 is 0 Å². The molecule has 1 atom stereocenters. The van der Waals surface area contributed by atoms with Crippen molar-refractivity contribution in [1.29, 1.82) is 0 Å². The molecular weight excluding hydrogens is 206 g/mol. The molecule has 84 valence electrons. The van der Waals surface area contributed by atoms with Gasteiger partial charge < -0.3 is 10.2 Å². The van der Waals surface area contributed by atoms with Gasteiger partial charge in [-0.25, -0.2) is 4.98 Å². The molecule has 1 N–H and O–H groups in total. The Morgan fingerprint density at radius 3 is 2.87 bits per heavy atom. The standard InChI is InChI=1S/C11H19N3S/c1-9(11-12-5-8-15-11)13-10-3-6-14(2)7-4-10/h5,8-10,13H,3-4,6-7H2,1-2H3. The summed E-state index contributed by atoms with van der Waals surface area (Å²) in [7, 11) is 2.19. The van der Waals surface area contributed by atoms with E-state index < -0.39 is 0 Å². The zero-order valence-electron chi connectivity index (χ0n) is 9.44. The summed E-state index contributed by atoms with van der Waals surface area (Å²) in [4.78, 5) is 6.74. The Bertz CT molecular complexity index is 278. The lowest BCUT2D eigenvalue weighted by Gasteiger charge is -2.31. The van der Waals surface area contributed by atoms with Gasteiger partial charge in [-0.3, -0.25) is 0 Å². The van der Waals surface area contributed by atoms with E-state index in [9.17, 15) is 0 Å². The smallest absolute Gasteiger partial charge is 0.109 e. The van der Waals surface area contributed by atoms with E-state index in [1.807, 2.05) is 11.6 Å². The minimum Gasteiger partial charge on any atom is -0.306 e. The first kappa shape index (κ1) is 11.0. The van der Waals surface area contributed by atoms with Gasteiger partial charge in [-0.15, -0.1) is 11.3 Å². The molecule has 15 heavy (non-hydrogen) atoms. The van der Waals surface area contributed by atoms with Gasteiger partial charge in [0.15, 0.2) is 0 Å². The molecule has 1 saturated heterocycles. The third-order valence-electron chi connectivity index (χ3n) is 3.03. The summed E-state index contributed by atoms with van der Waals surface area (Å²) in [6.07, 6.45) is 4.39. The van der Waals surface area contributed by atoms with E-state index in [4.69, 9.17) is 0 Å². The first-order chi connectivity index (χ1) is 7.25. The number of hydrogen-bond donors (Lipinski definition) is 1. The van der Waals surface area contributed by atoms with Gasteiger partial charge in [-0.2, -0.15) is 0 Å². The molecule has 0 bridgehead atoms. The second-order valence-corrected chi connectivity index (χ2v) is 5.26. The van der Waals surface area contributed by atoms with Gasteiger partial charge in [0.05, 0.1) is 6.04 Å². The van der Waals surface area contributed by atoms with Crippen molar-refractivity contribution in [1.82, 2.24) is 15.2 Å². The molecule has 1 unspecified atom stereocenters. The summed E-state index contributed by atoms with van der Waals surface area (Å²) >= 11 is 1.74. The van der Waals surface area contributed by atoms with Crippen LogP contribution >= 0.6 is 11.3 Å². The maximum Gasteiger partial charge on any atom is 0.109 e. The molecule has 0 radical (unpaired) electrons. The largest absolute Gasteiger partial charge is 0.306 e. The molecule has 1 aliphatic heterocycles. The van der Waals surface area contributed by atoms with Crippen molar-refractivity contribution < 1.29 is 0 Å². The van der Waals surface area contributed by atoms with E-state index in [2.05, 4.69) is 29.2 Å². The fraction of sp³-hybridized carbons (Fsp3) is 0.727. The number of piperidine rings is 1. The van der Waals surface area contributed by atoms with Crippen LogP contribution in [0.4, 0.5) is 0 Å². The van der Waals surface area contributed by atoms with Crippen LogP contribution in [-0.4, -0.2) is 36.1 Å². The number of nitrogens with zero attached hydrogens (tertiary/aromatic N) is 2. The van der Waals surface area contributed by atoms with E-state index >= 15 is 0 Å². The summed E-state index contributed by atoms with van der Waals surface area (Å²) in [5, 5.41) is 6.91. The van der Waals surface area contributed by atoms with E-state index in [1.165, 1.54) is 30.9 Å². The Morgan fingerprint density at radius 2 is 2.27 bits per heavy atom. The van der Waals surface area contributed by atoms with Gasteiger partial charge in [0.25, 0.3) is 0 Å². The van der Waals surface area contributed by atoms with Crippen LogP contribution in [0.3, 0.4) is 0 Å². The zero-order valence-corrected chi connectivity index (χ0v) is 10.3. The lowest BCUT2D eigenvalue weighted by atomic mass is 10.0. The molecule has 2 heterocycles. The minimum absolute atomic E-state index is 0.401. The summed E-state index contributed by atoms with van der Waals surface area (Å²) in [5.41, 5.74) is 0. The molecule has 3 nitrogen and oxygen atoms in total. The summed E-state index contributed by atoms with van der Waals surface area (Å²) in [5.74, 6) is 0. The highest BCUT2D eigenvalue weighted by molar-refractivity contribution is 7.09. The quantitative estimate of drug-likeness (QED) is 0.851. The lowest BCUT2D eigenvalue weighted by molar-refractivity contribution is 0.226. The average Bonchev–Trinajstić information content (AvgIpc) is 2.74. The van der Waals surface area contributed by atoms with Gasteiger partial charge in [0.1, 0.15) is 5.01 Å². The first-order valence-corrected chi connectivity index (χ1v) is 6.47. The van der Waals surface area contributed by atoms with Crippen molar-refractivity contribution in [3.8, 4) is 0 Å². The van der Waals surface area contributed by atoms with Crippen molar-refractivity contribution >= 4 is 11.3 Å². The van der Waals surface area contributed by atoms with Gasteiger partial charge in [-0.1, -0.05) is 0 Å². The fourth-order valence-electron chi connectivity index (χ4n) is 2.05. The average molecular weight is 225 g/mol. The number of thiazole rings is 1. The molecule has 0 aliphatic carbocycles. The Labute approximate surface area is 95.5 Å². The minimum atomic E-state index is 0.401. The van der Waals surface area contributed by atoms with E-state index in [1.54, 1.807) is 11.3 Å². The monoisotopic (exact) mass is 225 g/mol. The molecule has 0 spiro atoms. The topological polar surface area (TPSA) is 28.2 Å². The predicted molar refractivity (Wildman–Crippen MR) is 64.2 cm³/mol. The van der Waals surface area contributed by atoms with E-state index in [-0.39, 0.29) is 0 Å². The second-order valence-electron chi connectivity index (χ2n) is 4.34. The predicted octanol–water partition coefficient (Wildman–Crippen LogP) is 1.89. The molecule has 1 aliphatic rings. The highest BCUT2D eigenvalue weighted by Gasteiger charge is 2.19. The Morgan fingerprint density at radius 1 is 1.53 bits per heavy atom. The van der Waals surface area contributed by atoms with Crippen molar-refractivity contribution in [2.24, 2.45) is 0 Å². The molecule has 4 heteroatoms. The molecule has 1 aromatic rings. The highest BCUT2D eigenvalue weighted by Crippen LogP contribution is 2.18. The SMILES string of the molecule is CC(NC1CCN(C)CC1)c1nccs1. The zero-order chi connectivity index (χ0) is 10.7. The lowest BCUT2D eigenvalue weighted by Crippen LogP contribution is -2.41. The number of rotatable bonds is 3. The summed E-state index contributed by atoms with van der Waals surface area (Å²) < 4.78 is 0. The number of hydrogen-bond acceptors (Lipinski definition) is 4. The van der Waals surface area contributed by atoms with Crippen LogP contribution in [0.5, 0.6) is 0 Å². The van der Waals surface area contributed by atoms with Gasteiger partial charge in [-0.05, 0) is 39.9 Å². The van der Waals surface area contributed by atoms with Crippen LogP contribution in [0.25, 0.3) is 0 Å². The molecule has 0 aromatic carbocycles. The Hall–Kier alpha value is -0.450. The van der Waals surface area contributed by atoms with E-state index in [0.29, 0.717) is 12.1 Å². The van der Waals surface area contributed by atoms with Gasteiger partial charge in [0.2, 0.25) is 0 Å². The third kappa shape index (κ3) is 3.00. The Kier molecular flexibility index (Phi) is 3.72. The fourth-order valence-corrected chi connectivity index (χ4v) is 2.70. The Balaban J connectivity index is 1.82. The van der Waals surface area contributed by atoms with Crippen LogP contribution in [0, 0.1) is 0 Å². The van der Waals surface area contributed by atoms with Crippen LogP contribution < -0.4 is 5.32 Å². The van der Waals surface area contributed by atoms with Gasteiger partial charge in [0, 0.05) is 17.6 Å². The third-order valence-corrected chi connectivity index (χ3v) is 3.98. The summed E-state index contributed by atoms with van der Waals surface area (Å²) in [6.45, 7) is 4.63. The molecule has 0 amide bonds. The maximum absolute atomic E-state index is 4.34. The molecular formula is C11H19N3S.